The number of hydrogen-bond donors (Lipinski definition) is 2. The topological polar surface area (TPSA) is 243 Å². The molecule has 1 saturated heterocycles. The number of fused-ring (bicyclic) bond motifs is 1. The largest absolute Gasteiger partial charge is 0.508 e. The fourth-order valence-corrected chi connectivity index (χ4v) is 15.8. The number of aliphatic hydroxyl groups is 1. The lowest BCUT2D eigenvalue weighted by Gasteiger charge is -2.59. The van der Waals surface area contributed by atoms with E-state index in [0.29, 0.717) is 59.4 Å². The Balaban J connectivity index is 0.000000203. The molecule has 1 heterocycles. The molecule has 606 valence electrons. The first-order valence-electron chi connectivity index (χ1n) is 41.4. The molecular formula is C89H142O18. The van der Waals surface area contributed by atoms with Crippen LogP contribution >= 0.6 is 0 Å². The molecular weight excluding hydrogens is 1360 g/mol. The minimum Gasteiger partial charge on any atom is -0.508 e. The SMILES string of the molecule is CCC(C)(C)C(=O)OC(C)(C)C1CCCCC1.CCC(C)(C)C(=O)OC12CC3CC(CC(O)(C3)C1)C2.CCC(C)(C)C(=O)OC1C2CC3C(=O)OC1C3C2.CCC(C)(C)C(=O)OC1CCCCC1.CCC(C)(C)C(=O)Oc1ccc(O)cc1.CCC(C)(C)C(=O)Oc1ccc(OC(C)OC2CCCCC2)cc1. The van der Waals surface area contributed by atoms with Gasteiger partial charge in [-0.05, 0) is 305 Å². The van der Waals surface area contributed by atoms with Gasteiger partial charge in [0.2, 0.25) is 0 Å². The number of aromatic hydroxyl groups is 1. The number of phenolic OH excluding ortho intramolecular Hbond substituents is 1. The molecule has 12 rings (SSSR count). The lowest BCUT2D eigenvalue weighted by atomic mass is 9.52. The fraction of sp³-hybridized carbons (Fsp3) is 0.787. The number of rotatable bonds is 23. The van der Waals surface area contributed by atoms with Crippen LogP contribution in [0.4, 0.5) is 0 Å². The molecule has 1 aliphatic heterocycles. The minimum atomic E-state index is -0.555. The summed E-state index contributed by atoms with van der Waals surface area (Å²) in [4.78, 5) is 83.7. The quantitative estimate of drug-likeness (QED) is 0.0455. The van der Waals surface area contributed by atoms with Crippen LogP contribution in [0, 0.1) is 68.0 Å². The molecule has 9 aliphatic carbocycles. The van der Waals surface area contributed by atoms with Crippen molar-refractivity contribution in [3.8, 4) is 23.0 Å². The average molecular weight is 1500 g/mol. The van der Waals surface area contributed by atoms with E-state index in [0.717, 1.165) is 103 Å². The van der Waals surface area contributed by atoms with Gasteiger partial charge in [-0.2, -0.15) is 0 Å². The number of phenols is 1. The molecule has 6 bridgehead atoms. The lowest BCUT2D eigenvalue weighted by molar-refractivity contribution is -0.225. The molecule has 0 radical (unpaired) electrons. The molecule has 18 heteroatoms. The molecule has 10 fully saturated rings. The smallest absolute Gasteiger partial charge is 0.316 e. The second kappa shape index (κ2) is 38.5. The zero-order valence-electron chi connectivity index (χ0n) is 69.9. The third-order valence-corrected chi connectivity index (χ3v) is 25.7. The molecule has 2 aromatic carbocycles. The molecule has 9 saturated carbocycles. The van der Waals surface area contributed by atoms with Gasteiger partial charge in [-0.1, -0.05) is 86.5 Å². The van der Waals surface area contributed by atoms with Crippen molar-refractivity contribution < 1.29 is 86.4 Å². The lowest BCUT2D eigenvalue weighted by Crippen LogP contribution is -2.61. The van der Waals surface area contributed by atoms with Gasteiger partial charge in [0.05, 0.1) is 50.1 Å². The van der Waals surface area contributed by atoms with Crippen LogP contribution in [-0.2, 0) is 62.0 Å². The molecule has 0 spiro atoms. The molecule has 107 heavy (non-hydrogen) atoms. The molecule has 8 unspecified atom stereocenters. The highest BCUT2D eigenvalue weighted by Gasteiger charge is 2.64. The number of carbonyl (C=O) groups is 7. The predicted molar refractivity (Wildman–Crippen MR) is 416 cm³/mol. The van der Waals surface area contributed by atoms with Gasteiger partial charge in [0.1, 0.15) is 52.5 Å². The van der Waals surface area contributed by atoms with E-state index in [1.54, 1.807) is 24.3 Å². The predicted octanol–water partition coefficient (Wildman–Crippen LogP) is 20.4. The van der Waals surface area contributed by atoms with E-state index >= 15 is 0 Å². The Hall–Kier alpha value is -5.75. The number of ether oxygens (including phenoxy) is 9. The highest BCUT2D eigenvalue weighted by atomic mass is 16.7. The molecule has 10 aliphatic rings. The van der Waals surface area contributed by atoms with E-state index in [4.69, 9.17) is 47.7 Å². The second-order valence-corrected chi connectivity index (χ2v) is 37.3. The Morgan fingerprint density at radius 2 is 0.888 bits per heavy atom. The maximum Gasteiger partial charge on any atom is 0.316 e. The summed E-state index contributed by atoms with van der Waals surface area (Å²) in [6, 6.07) is 13.2. The summed E-state index contributed by atoms with van der Waals surface area (Å²) in [5.74, 6) is 3.35. The van der Waals surface area contributed by atoms with Crippen molar-refractivity contribution in [1.82, 2.24) is 0 Å². The van der Waals surface area contributed by atoms with Crippen LogP contribution in [0.5, 0.6) is 23.0 Å². The van der Waals surface area contributed by atoms with Gasteiger partial charge in [-0.25, -0.2) is 0 Å². The Morgan fingerprint density at radius 3 is 1.35 bits per heavy atom. The summed E-state index contributed by atoms with van der Waals surface area (Å²) in [6.07, 6.45) is 30.2. The van der Waals surface area contributed by atoms with E-state index < -0.39 is 27.3 Å². The standard InChI is InChI=1S/C20H30O4.C16H26O3.C15H28O2.C14H20O4.C12H16O3.C12H22O2/c1-5-20(3,4)19(21)24-18-13-11-17(12-14-18)23-15(2)22-16-9-7-6-8-10-16;1-4-14(2,3)13(17)19-16-8-11-5-12(9-16)7-15(18,6-11)10-16;1-6-14(2,3)13(16)17-15(4,5)12-10-8-7-9-11-12;1-4-14(2,3)13(16)18-10-7-5-8-9(6-7)12(15)17-11(8)10;1-4-12(2,3)11(14)15-10-7-5-9(13)6-8-10;1-4-12(2,3)11(13)14-10-8-6-5-7-9-10/h11-16H,5-10H2,1-4H3;11-12,18H,4-10H2,1-3H3;12H,6-11H2,1-5H3;7-11H,4-6H2,1-3H3;5-8,13H,4H2,1-3H3;10H,4-9H2,1-3H3. The van der Waals surface area contributed by atoms with Gasteiger partial charge >= 0.3 is 41.8 Å². The zero-order chi connectivity index (χ0) is 79.7. The Morgan fingerprint density at radius 1 is 0.486 bits per heavy atom. The number of esters is 7. The van der Waals surface area contributed by atoms with Crippen LogP contribution in [0.1, 0.15) is 332 Å². The van der Waals surface area contributed by atoms with Gasteiger partial charge in [-0.3, -0.25) is 33.6 Å². The first-order chi connectivity index (χ1) is 49.9. The summed E-state index contributed by atoms with van der Waals surface area (Å²) < 4.78 is 50.7. The van der Waals surface area contributed by atoms with Crippen molar-refractivity contribution in [3.63, 3.8) is 0 Å². The van der Waals surface area contributed by atoms with Crippen molar-refractivity contribution in [1.29, 1.82) is 0 Å². The van der Waals surface area contributed by atoms with Crippen molar-refractivity contribution in [2.75, 3.05) is 0 Å². The fourth-order valence-electron chi connectivity index (χ4n) is 15.8. The first-order valence-corrected chi connectivity index (χ1v) is 41.4. The summed E-state index contributed by atoms with van der Waals surface area (Å²) in [7, 11) is 0. The normalized spacial score (nSPS) is 25.8. The Bertz CT molecular complexity index is 3160. The van der Waals surface area contributed by atoms with Gasteiger partial charge in [0, 0.05) is 18.3 Å². The van der Waals surface area contributed by atoms with Crippen LogP contribution in [0.25, 0.3) is 0 Å². The molecule has 0 amide bonds. The Kier molecular flexibility index (Phi) is 32.4. The van der Waals surface area contributed by atoms with E-state index in [9.17, 15) is 38.7 Å². The van der Waals surface area contributed by atoms with Crippen LogP contribution in [-0.4, -0.2) is 99.5 Å². The van der Waals surface area contributed by atoms with Crippen molar-refractivity contribution in [2.45, 2.75) is 379 Å². The molecule has 2 N–H and O–H groups in total. The molecule has 18 nitrogen and oxygen atoms in total. The average Bonchev–Trinajstić information content (AvgIpc) is 1.72. The van der Waals surface area contributed by atoms with E-state index in [-0.39, 0.29) is 100 Å². The highest BCUT2D eigenvalue weighted by Crippen LogP contribution is 2.60. The third kappa shape index (κ3) is 25.6. The van der Waals surface area contributed by atoms with Crippen LogP contribution in [0.15, 0.2) is 48.5 Å². The summed E-state index contributed by atoms with van der Waals surface area (Å²) in [5, 5.41) is 19.7. The molecule has 2 aromatic rings. The van der Waals surface area contributed by atoms with Crippen LogP contribution in [0.2, 0.25) is 0 Å². The maximum absolute atomic E-state index is 12.4. The number of benzene rings is 2. The third-order valence-electron chi connectivity index (χ3n) is 25.7. The Labute approximate surface area is 643 Å². The first kappa shape index (κ1) is 90.1. The highest BCUT2D eigenvalue weighted by molar-refractivity contribution is 5.80. The van der Waals surface area contributed by atoms with E-state index in [2.05, 4.69) is 13.8 Å². The van der Waals surface area contributed by atoms with Gasteiger partial charge in [0.25, 0.3) is 0 Å². The van der Waals surface area contributed by atoms with Crippen molar-refractivity contribution >= 4 is 41.8 Å². The second-order valence-electron chi connectivity index (χ2n) is 37.3. The van der Waals surface area contributed by atoms with Gasteiger partial charge in [0.15, 0.2) is 6.29 Å². The zero-order valence-corrected chi connectivity index (χ0v) is 69.9. The van der Waals surface area contributed by atoms with Gasteiger partial charge in [-0.15, -0.1) is 0 Å². The maximum atomic E-state index is 12.4. The van der Waals surface area contributed by atoms with Gasteiger partial charge < -0.3 is 52.8 Å². The van der Waals surface area contributed by atoms with E-state index in [1.807, 2.05) is 144 Å². The van der Waals surface area contributed by atoms with Crippen LogP contribution < -0.4 is 14.2 Å². The number of hydrogen-bond acceptors (Lipinski definition) is 18. The van der Waals surface area contributed by atoms with Crippen LogP contribution in [0.3, 0.4) is 0 Å². The van der Waals surface area contributed by atoms with E-state index in [1.165, 1.54) is 89.2 Å². The number of carbonyl (C=O) groups excluding carboxylic acids is 7. The summed E-state index contributed by atoms with van der Waals surface area (Å²) in [6.45, 7) is 41.1. The summed E-state index contributed by atoms with van der Waals surface area (Å²) in [5.41, 5.74) is -3.69. The van der Waals surface area contributed by atoms with Crippen molar-refractivity contribution in [2.24, 2.45) is 68.0 Å². The molecule has 0 aromatic heterocycles. The summed E-state index contributed by atoms with van der Waals surface area (Å²) >= 11 is 0. The van der Waals surface area contributed by atoms with Crippen molar-refractivity contribution in [3.05, 3.63) is 48.5 Å². The molecule has 8 atom stereocenters. The monoisotopic (exact) mass is 1500 g/mol. The minimum absolute atomic E-state index is 0.0214.